The molecule has 1 aromatic rings. The van der Waals surface area contributed by atoms with Gasteiger partial charge in [-0.25, -0.2) is 0 Å². The molecule has 0 aliphatic carbocycles. The smallest absolute Gasteiger partial charge is 0.0947 e. The quantitative estimate of drug-likeness (QED) is 0.823. The Morgan fingerprint density at radius 2 is 2.24 bits per heavy atom. The molecule has 1 fully saturated rings. The molecule has 2 rings (SSSR count). The zero-order chi connectivity index (χ0) is 11.9. The molecule has 0 unspecified atom stereocenters. The van der Waals surface area contributed by atoms with Crippen LogP contribution < -0.4 is 5.32 Å². The summed E-state index contributed by atoms with van der Waals surface area (Å²) in [7, 11) is 0. The van der Waals surface area contributed by atoms with Crippen molar-refractivity contribution in [3.63, 3.8) is 0 Å². The van der Waals surface area contributed by atoms with Crippen molar-refractivity contribution < 1.29 is 4.42 Å². The van der Waals surface area contributed by atoms with Gasteiger partial charge in [0.05, 0.1) is 12.5 Å². The summed E-state index contributed by atoms with van der Waals surface area (Å²) in [4.78, 5) is 2.60. The van der Waals surface area contributed by atoms with E-state index >= 15 is 0 Å². The zero-order valence-electron chi connectivity index (χ0n) is 10.8. The summed E-state index contributed by atoms with van der Waals surface area (Å²) in [6.45, 7) is 6.99. The van der Waals surface area contributed by atoms with Crippen LogP contribution in [0.5, 0.6) is 0 Å². The lowest BCUT2D eigenvalue weighted by Crippen LogP contribution is -2.42. The van der Waals surface area contributed by atoms with Crippen LogP contribution in [0.4, 0.5) is 0 Å². The summed E-state index contributed by atoms with van der Waals surface area (Å²) in [5.41, 5.74) is 1.25. The maximum absolute atomic E-state index is 5.07. The van der Waals surface area contributed by atoms with E-state index in [0.717, 1.165) is 6.54 Å². The maximum atomic E-state index is 5.07. The Kier molecular flexibility index (Phi) is 5.08. The van der Waals surface area contributed by atoms with Crippen molar-refractivity contribution >= 4 is 0 Å². The normalized spacial score (nSPS) is 18.6. The number of unbranched alkanes of at least 4 members (excludes halogenated alkanes) is 1. The maximum Gasteiger partial charge on any atom is 0.0947 e. The van der Waals surface area contributed by atoms with E-state index in [0.29, 0.717) is 6.04 Å². The Labute approximate surface area is 104 Å². The lowest BCUT2D eigenvalue weighted by atomic mass is 10.0. The van der Waals surface area contributed by atoms with E-state index in [4.69, 9.17) is 4.42 Å². The Morgan fingerprint density at radius 1 is 1.41 bits per heavy atom. The molecule has 3 nitrogen and oxygen atoms in total. The van der Waals surface area contributed by atoms with Crippen LogP contribution in [0.2, 0.25) is 0 Å². The van der Waals surface area contributed by atoms with Crippen LogP contribution in [0, 0.1) is 0 Å². The molecule has 1 N–H and O–H groups in total. The van der Waals surface area contributed by atoms with Crippen LogP contribution in [0.25, 0.3) is 0 Å². The number of hydrogen-bond donors (Lipinski definition) is 1. The molecule has 0 aromatic carbocycles. The van der Waals surface area contributed by atoms with Crippen molar-refractivity contribution in [1.29, 1.82) is 0 Å². The van der Waals surface area contributed by atoms with Crippen molar-refractivity contribution in [2.75, 3.05) is 19.6 Å². The molecule has 2 heterocycles. The Morgan fingerprint density at radius 3 is 2.88 bits per heavy atom. The van der Waals surface area contributed by atoms with Gasteiger partial charge in [0.2, 0.25) is 0 Å². The Balaban J connectivity index is 1.62. The highest BCUT2D eigenvalue weighted by Crippen LogP contribution is 2.12. The number of rotatable bonds is 6. The largest absolute Gasteiger partial charge is 0.472 e. The van der Waals surface area contributed by atoms with Gasteiger partial charge >= 0.3 is 0 Å². The van der Waals surface area contributed by atoms with Crippen molar-refractivity contribution in [2.24, 2.45) is 0 Å². The standard InChI is InChI=1S/C14H24N2O/c1-2-3-7-16-8-4-14(5-9-16)15-11-13-6-10-17-12-13/h6,10,12,14-15H,2-5,7-9,11H2,1H3. The summed E-state index contributed by atoms with van der Waals surface area (Å²) in [5, 5.41) is 3.61. The minimum atomic E-state index is 0.683. The average Bonchev–Trinajstić information content (AvgIpc) is 2.88. The fourth-order valence-corrected chi connectivity index (χ4v) is 2.40. The van der Waals surface area contributed by atoms with E-state index in [-0.39, 0.29) is 0 Å². The summed E-state index contributed by atoms with van der Waals surface area (Å²) < 4.78 is 5.07. The molecule has 0 saturated carbocycles. The van der Waals surface area contributed by atoms with E-state index in [1.54, 1.807) is 6.26 Å². The second-order valence-corrected chi connectivity index (χ2v) is 4.98. The van der Waals surface area contributed by atoms with Gasteiger partial charge in [-0.3, -0.25) is 0 Å². The summed E-state index contributed by atoms with van der Waals surface area (Å²) in [5.74, 6) is 0. The first-order valence-corrected chi connectivity index (χ1v) is 6.85. The molecule has 0 amide bonds. The number of piperidine rings is 1. The summed E-state index contributed by atoms with van der Waals surface area (Å²) in [6, 6.07) is 2.71. The molecule has 96 valence electrons. The zero-order valence-corrected chi connectivity index (χ0v) is 10.8. The Hall–Kier alpha value is -0.800. The molecular formula is C14H24N2O. The number of nitrogens with zero attached hydrogens (tertiary/aromatic N) is 1. The molecule has 0 spiro atoms. The Bertz CT molecular complexity index is 289. The molecule has 17 heavy (non-hydrogen) atoms. The van der Waals surface area contributed by atoms with Crippen molar-refractivity contribution in [1.82, 2.24) is 10.2 Å². The molecule has 0 radical (unpaired) electrons. The second kappa shape index (κ2) is 6.82. The van der Waals surface area contributed by atoms with E-state index in [9.17, 15) is 0 Å². The molecule has 0 bridgehead atoms. The highest BCUT2D eigenvalue weighted by Gasteiger charge is 2.17. The number of hydrogen-bond acceptors (Lipinski definition) is 3. The monoisotopic (exact) mass is 236 g/mol. The minimum Gasteiger partial charge on any atom is -0.472 e. The third-order valence-corrected chi connectivity index (χ3v) is 3.59. The number of furan rings is 1. The van der Waals surface area contributed by atoms with Crippen molar-refractivity contribution in [3.05, 3.63) is 24.2 Å². The van der Waals surface area contributed by atoms with Crippen LogP contribution in [0.1, 0.15) is 38.2 Å². The van der Waals surface area contributed by atoms with E-state index in [2.05, 4.69) is 17.1 Å². The predicted molar refractivity (Wildman–Crippen MR) is 69.9 cm³/mol. The van der Waals surface area contributed by atoms with E-state index in [1.165, 1.54) is 50.9 Å². The van der Waals surface area contributed by atoms with Gasteiger partial charge in [-0.15, -0.1) is 0 Å². The first kappa shape index (κ1) is 12.7. The summed E-state index contributed by atoms with van der Waals surface area (Å²) >= 11 is 0. The molecule has 1 aromatic heterocycles. The van der Waals surface area contributed by atoms with E-state index in [1.807, 2.05) is 12.3 Å². The molecule has 0 atom stereocenters. The minimum absolute atomic E-state index is 0.683. The third kappa shape index (κ3) is 4.17. The van der Waals surface area contributed by atoms with Crippen molar-refractivity contribution in [2.45, 2.75) is 45.2 Å². The van der Waals surface area contributed by atoms with Gasteiger partial charge in [0.15, 0.2) is 0 Å². The van der Waals surface area contributed by atoms with Gasteiger partial charge in [0.1, 0.15) is 0 Å². The number of likely N-dealkylation sites (tertiary alicyclic amines) is 1. The van der Waals surface area contributed by atoms with Crippen LogP contribution in [-0.2, 0) is 6.54 Å². The first-order chi connectivity index (χ1) is 8.38. The molecular weight excluding hydrogens is 212 g/mol. The predicted octanol–water partition coefficient (Wildman–Crippen LogP) is 2.63. The van der Waals surface area contributed by atoms with Crippen LogP contribution in [-0.4, -0.2) is 30.6 Å². The van der Waals surface area contributed by atoms with Gasteiger partial charge in [0.25, 0.3) is 0 Å². The highest BCUT2D eigenvalue weighted by atomic mass is 16.3. The van der Waals surface area contributed by atoms with Gasteiger partial charge in [-0.2, -0.15) is 0 Å². The van der Waals surface area contributed by atoms with Gasteiger partial charge in [0, 0.05) is 18.2 Å². The fraction of sp³-hybridized carbons (Fsp3) is 0.714. The third-order valence-electron chi connectivity index (χ3n) is 3.59. The first-order valence-electron chi connectivity index (χ1n) is 6.85. The van der Waals surface area contributed by atoms with Crippen molar-refractivity contribution in [3.8, 4) is 0 Å². The fourth-order valence-electron chi connectivity index (χ4n) is 2.40. The number of nitrogens with one attached hydrogen (secondary N) is 1. The second-order valence-electron chi connectivity index (χ2n) is 4.98. The topological polar surface area (TPSA) is 28.4 Å². The molecule has 1 saturated heterocycles. The highest BCUT2D eigenvalue weighted by molar-refractivity contribution is 5.04. The summed E-state index contributed by atoms with van der Waals surface area (Å²) in [6.07, 6.45) is 8.77. The molecule has 1 aliphatic heterocycles. The lowest BCUT2D eigenvalue weighted by molar-refractivity contribution is 0.195. The average molecular weight is 236 g/mol. The van der Waals surface area contributed by atoms with Gasteiger partial charge in [-0.05, 0) is 45.0 Å². The van der Waals surface area contributed by atoms with Gasteiger partial charge < -0.3 is 14.6 Å². The van der Waals surface area contributed by atoms with Crippen LogP contribution in [0.15, 0.2) is 23.0 Å². The lowest BCUT2D eigenvalue weighted by Gasteiger charge is -2.32. The van der Waals surface area contributed by atoms with Gasteiger partial charge in [-0.1, -0.05) is 13.3 Å². The van der Waals surface area contributed by atoms with E-state index < -0.39 is 0 Å². The SMILES string of the molecule is CCCCN1CCC(NCc2ccoc2)CC1. The van der Waals surface area contributed by atoms with Crippen LogP contribution >= 0.6 is 0 Å². The molecule has 3 heteroatoms. The molecule has 1 aliphatic rings. The van der Waals surface area contributed by atoms with Crippen LogP contribution in [0.3, 0.4) is 0 Å².